The molecular formula is C13H18N2O. The predicted molar refractivity (Wildman–Crippen MR) is 65.2 cm³/mol. The first-order valence-corrected chi connectivity index (χ1v) is 5.89. The van der Waals surface area contributed by atoms with Crippen LogP contribution in [0.5, 0.6) is 0 Å². The third-order valence-corrected chi connectivity index (χ3v) is 3.05. The van der Waals surface area contributed by atoms with Crippen LogP contribution in [-0.4, -0.2) is 5.91 Å². The van der Waals surface area contributed by atoms with E-state index in [1.807, 2.05) is 12.1 Å². The van der Waals surface area contributed by atoms with E-state index in [-0.39, 0.29) is 11.9 Å². The molecular weight excluding hydrogens is 200 g/mol. The molecule has 3 nitrogen and oxygen atoms in total. The maximum atomic E-state index is 11.2. The first-order valence-electron chi connectivity index (χ1n) is 5.89. The molecule has 16 heavy (non-hydrogen) atoms. The fraction of sp³-hybridized carbons (Fsp3) is 0.462. The van der Waals surface area contributed by atoms with E-state index >= 15 is 0 Å². The minimum Gasteiger partial charge on any atom is -0.326 e. The van der Waals surface area contributed by atoms with E-state index in [4.69, 9.17) is 5.73 Å². The van der Waals surface area contributed by atoms with E-state index in [0.717, 1.165) is 24.9 Å². The van der Waals surface area contributed by atoms with Crippen LogP contribution in [0.3, 0.4) is 0 Å². The fourth-order valence-corrected chi connectivity index (χ4v) is 2.11. The second-order valence-electron chi connectivity index (χ2n) is 4.36. The quantitative estimate of drug-likeness (QED) is 0.818. The van der Waals surface area contributed by atoms with Crippen LogP contribution in [0, 0.1) is 0 Å². The van der Waals surface area contributed by atoms with E-state index in [0.29, 0.717) is 6.42 Å². The summed E-state index contributed by atoms with van der Waals surface area (Å²) >= 11 is 0. The summed E-state index contributed by atoms with van der Waals surface area (Å²) in [6.45, 7) is 2.14. The average molecular weight is 218 g/mol. The third kappa shape index (κ3) is 2.25. The fourth-order valence-electron chi connectivity index (χ4n) is 2.11. The van der Waals surface area contributed by atoms with Gasteiger partial charge in [0, 0.05) is 18.2 Å². The molecule has 0 bridgehead atoms. The molecule has 1 unspecified atom stereocenters. The standard InChI is InChI=1S/C13H18N2O/c1-2-3-11(14)9-4-6-12-10(8-9)5-7-13(16)15-12/h4,6,8,11H,2-3,5,7,14H2,1H3,(H,15,16). The molecule has 1 heterocycles. The highest BCUT2D eigenvalue weighted by Crippen LogP contribution is 2.26. The number of rotatable bonds is 3. The molecule has 1 aromatic carbocycles. The van der Waals surface area contributed by atoms with Gasteiger partial charge in [0.05, 0.1) is 0 Å². The first kappa shape index (κ1) is 11.1. The van der Waals surface area contributed by atoms with Gasteiger partial charge in [0.1, 0.15) is 0 Å². The largest absolute Gasteiger partial charge is 0.326 e. The molecule has 0 aliphatic carbocycles. The Morgan fingerprint density at radius 3 is 3.00 bits per heavy atom. The summed E-state index contributed by atoms with van der Waals surface area (Å²) in [6.07, 6.45) is 3.51. The monoisotopic (exact) mass is 218 g/mol. The predicted octanol–water partition coefficient (Wildman–Crippen LogP) is 2.37. The van der Waals surface area contributed by atoms with Gasteiger partial charge in [-0.3, -0.25) is 4.79 Å². The highest BCUT2D eigenvalue weighted by molar-refractivity contribution is 5.93. The zero-order valence-electron chi connectivity index (χ0n) is 9.62. The third-order valence-electron chi connectivity index (χ3n) is 3.05. The van der Waals surface area contributed by atoms with Gasteiger partial charge in [0.25, 0.3) is 0 Å². The molecule has 0 radical (unpaired) electrons. The summed E-state index contributed by atoms with van der Waals surface area (Å²) in [4.78, 5) is 11.2. The van der Waals surface area contributed by atoms with E-state index < -0.39 is 0 Å². The van der Waals surface area contributed by atoms with Crippen molar-refractivity contribution in [1.82, 2.24) is 0 Å². The summed E-state index contributed by atoms with van der Waals surface area (Å²) in [7, 11) is 0. The van der Waals surface area contributed by atoms with Gasteiger partial charge < -0.3 is 11.1 Å². The summed E-state index contributed by atoms with van der Waals surface area (Å²) in [5, 5.41) is 2.88. The Bertz CT molecular complexity index is 401. The minimum absolute atomic E-state index is 0.109. The number of hydrogen-bond donors (Lipinski definition) is 2. The van der Waals surface area contributed by atoms with Crippen molar-refractivity contribution in [1.29, 1.82) is 0 Å². The van der Waals surface area contributed by atoms with Crippen molar-refractivity contribution in [2.75, 3.05) is 5.32 Å². The topological polar surface area (TPSA) is 55.1 Å². The molecule has 1 aliphatic heterocycles. The smallest absolute Gasteiger partial charge is 0.224 e. The Kier molecular flexibility index (Phi) is 3.25. The van der Waals surface area contributed by atoms with Crippen molar-refractivity contribution in [2.45, 2.75) is 38.6 Å². The first-order chi connectivity index (χ1) is 7.70. The number of carbonyl (C=O) groups is 1. The lowest BCUT2D eigenvalue weighted by Gasteiger charge is -2.19. The van der Waals surface area contributed by atoms with Gasteiger partial charge in [0.15, 0.2) is 0 Å². The minimum atomic E-state index is 0.109. The molecule has 0 fully saturated rings. The van der Waals surface area contributed by atoms with Crippen LogP contribution in [0.1, 0.15) is 43.4 Å². The SMILES string of the molecule is CCCC(N)c1ccc2c(c1)CCC(=O)N2. The molecule has 3 N–H and O–H groups in total. The summed E-state index contributed by atoms with van der Waals surface area (Å²) < 4.78 is 0. The summed E-state index contributed by atoms with van der Waals surface area (Å²) in [6, 6.07) is 6.24. The number of fused-ring (bicyclic) bond motifs is 1. The Morgan fingerprint density at radius 1 is 1.44 bits per heavy atom. The molecule has 0 aromatic heterocycles. The van der Waals surface area contributed by atoms with Crippen molar-refractivity contribution in [3.8, 4) is 0 Å². The number of aryl methyl sites for hydroxylation is 1. The van der Waals surface area contributed by atoms with Crippen molar-refractivity contribution in [3.05, 3.63) is 29.3 Å². The maximum Gasteiger partial charge on any atom is 0.224 e. The van der Waals surface area contributed by atoms with Gasteiger partial charge in [0.2, 0.25) is 5.91 Å². The van der Waals surface area contributed by atoms with E-state index in [1.54, 1.807) is 0 Å². The zero-order valence-corrected chi connectivity index (χ0v) is 9.62. The van der Waals surface area contributed by atoms with Gasteiger partial charge in [-0.25, -0.2) is 0 Å². The second-order valence-corrected chi connectivity index (χ2v) is 4.36. The Labute approximate surface area is 96.0 Å². The molecule has 2 rings (SSSR count). The summed E-state index contributed by atoms with van der Waals surface area (Å²) in [5.41, 5.74) is 9.42. The lowest BCUT2D eigenvalue weighted by molar-refractivity contribution is -0.116. The van der Waals surface area contributed by atoms with Crippen molar-refractivity contribution < 1.29 is 4.79 Å². The van der Waals surface area contributed by atoms with Gasteiger partial charge >= 0.3 is 0 Å². The maximum absolute atomic E-state index is 11.2. The number of carbonyl (C=O) groups excluding carboxylic acids is 1. The zero-order chi connectivity index (χ0) is 11.5. The molecule has 1 amide bonds. The van der Waals surface area contributed by atoms with Crippen LogP contribution in [0.4, 0.5) is 5.69 Å². The molecule has 0 saturated heterocycles. The van der Waals surface area contributed by atoms with Crippen LogP contribution in [-0.2, 0) is 11.2 Å². The average Bonchev–Trinajstić information content (AvgIpc) is 2.28. The van der Waals surface area contributed by atoms with Crippen LogP contribution in [0.25, 0.3) is 0 Å². The molecule has 3 heteroatoms. The Hall–Kier alpha value is -1.35. The lowest BCUT2D eigenvalue weighted by atomic mass is 9.96. The molecule has 1 aliphatic rings. The highest BCUT2D eigenvalue weighted by atomic mass is 16.1. The van der Waals surface area contributed by atoms with Gasteiger partial charge in [-0.2, -0.15) is 0 Å². The normalized spacial score (nSPS) is 16.5. The summed E-state index contributed by atoms with van der Waals surface area (Å²) in [5.74, 6) is 0.109. The molecule has 0 saturated carbocycles. The van der Waals surface area contributed by atoms with E-state index in [1.165, 1.54) is 11.1 Å². The van der Waals surface area contributed by atoms with E-state index in [9.17, 15) is 4.79 Å². The number of amides is 1. The van der Waals surface area contributed by atoms with Crippen molar-refractivity contribution in [2.24, 2.45) is 5.73 Å². The van der Waals surface area contributed by atoms with Crippen LogP contribution >= 0.6 is 0 Å². The second kappa shape index (κ2) is 4.66. The van der Waals surface area contributed by atoms with Crippen molar-refractivity contribution >= 4 is 11.6 Å². The van der Waals surface area contributed by atoms with Crippen LogP contribution in [0.15, 0.2) is 18.2 Å². The van der Waals surface area contributed by atoms with Crippen LogP contribution < -0.4 is 11.1 Å². The number of nitrogens with two attached hydrogens (primary N) is 1. The number of anilines is 1. The molecule has 1 atom stereocenters. The Balaban J connectivity index is 2.22. The number of nitrogens with one attached hydrogen (secondary N) is 1. The molecule has 1 aromatic rings. The Morgan fingerprint density at radius 2 is 2.25 bits per heavy atom. The number of hydrogen-bond acceptors (Lipinski definition) is 2. The van der Waals surface area contributed by atoms with Crippen LogP contribution in [0.2, 0.25) is 0 Å². The van der Waals surface area contributed by atoms with Gasteiger partial charge in [-0.05, 0) is 30.0 Å². The van der Waals surface area contributed by atoms with Gasteiger partial charge in [-0.1, -0.05) is 25.5 Å². The van der Waals surface area contributed by atoms with Crippen molar-refractivity contribution in [3.63, 3.8) is 0 Å². The molecule has 86 valence electrons. The molecule has 0 spiro atoms. The van der Waals surface area contributed by atoms with Gasteiger partial charge in [-0.15, -0.1) is 0 Å². The number of benzene rings is 1. The lowest BCUT2D eigenvalue weighted by Crippen LogP contribution is -2.19. The van der Waals surface area contributed by atoms with E-state index in [2.05, 4.69) is 18.3 Å². The highest BCUT2D eigenvalue weighted by Gasteiger charge is 2.15.